The summed E-state index contributed by atoms with van der Waals surface area (Å²) in [6.07, 6.45) is 7.04. The number of amides is 2. The van der Waals surface area contributed by atoms with E-state index in [9.17, 15) is 9.18 Å². The highest BCUT2D eigenvalue weighted by Gasteiger charge is 2.21. The largest absolute Gasteiger partial charge is 0.381 e. The Labute approximate surface area is 158 Å². The highest BCUT2D eigenvalue weighted by molar-refractivity contribution is 5.89. The molecule has 144 valence electrons. The predicted molar refractivity (Wildman–Crippen MR) is 105 cm³/mol. The van der Waals surface area contributed by atoms with Crippen LogP contribution in [-0.2, 0) is 0 Å². The smallest absolute Gasteiger partial charge is 0.321 e. The van der Waals surface area contributed by atoms with Gasteiger partial charge in [-0.15, -0.1) is 0 Å². The molecule has 2 N–H and O–H groups in total. The number of halogens is 1. The summed E-state index contributed by atoms with van der Waals surface area (Å²) in [5.41, 5.74) is 1.13. The van der Waals surface area contributed by atoms with Gasteiger partial charge in [0, 0.05) is 39.4 Å². The van der Waals surface area contributed by atoms with Crippen molar-refractivity contribution in [1.82, 2.24) is 14.9 Å². The van der Waals surface area contributed by atoms with Gasteiger partial charge in [0.15, 0.2) is 5.82 Å². The van der Waals surface area contributed by atoms with Crippen molar-refractivity contribution in [3.63, 3.8) is 0 Å². The van der Waals surface area contributed by atoms with Crippen LogP contribution in [0.4, 0.5) is 26.4 Å². The van der Waals surface area contributed by atoms with Gasteiger partial charge in [0.05, 0.1) is 23.8 Å². The Morgan fingerprint density at radius 1 is 1.22 bits per heavy atom. The van der Waals surface area contributed by atoms with E-state index in [4.69, 9.17) is 0 Å². The average Bonchev–Trinajstić information content (AvgIpc) is 2.90. The molecule has 1 aliphatic rings. The first-order valence-electron chi connectivity index (χ1n) is 9.08. The van der Waals surface area contributed by atoms with Gasteiger partial charge in [-0.05, 0) is 37.5 Å². The van der Waals surface area contributed by atoms with Crippen LogP contribution in [-0.4, -0.2) is 54.1 Å². The molecule has 1 fully saturated rings. The second-order valence-electron chi connectivity index (χ2n) is 6.84. The summed E-state index contributed by atoms with van der Waals surface area (Å²) in [5.74, 6) is 0.376. The maximum Gasteiger partial charge on any atom is 0.321 e. The number of carbonyl (C=O) groups is 1. The third-order valence-corrected chi connectivity index (χ3v) is 4.61. The molecule has 0 radical (unpaired) electrons. The molecule has 2 amide bonds. The van der Waals surface area contributed by atoms with Crippen LogP contribution in [0.2, 0.25) is 0 Å². The van der Waals surface area contributed by atoms with Crippen molar-refractivity contribution in [3.05, 3.63) is 42.6 Å². The number of nitrogens with one attached hydrogen (secondary N) is 2. The molecule has 1 atom stereocenters. The van der Waals surface area contributed by atoms with E-state index in [1.165, 1.54) is 12.3 Å². The van der Waals surface area contributed by atoms with E-state index in [1.54, 1.807) is 4.90 Å². The summed E-state index contributed by atoms with van der Waals surface area (Å²) >= 11 is 0. The predicted octanol–water partition coefficient (Wildman–Crippen LogP) is 3.18. The van der Waals surface area contributed by atoms with Crippen molar-refractivity contribution in [2.45, 2.75) is 25.3 Å². The molecule has 0 bridgehead atoms. The van der Waals surface area contributed by atoms with Crippen LogP contribution < -0.4 is 15.5 Å². The maximum atomic E-state index is 13.7. The van der Waals surface area contributed by atoms with Crippen molar-refractivity contribution in [3.8, 4) is 0 Å². The molecule has 0 aliphatic carbocycles. The molecular formula is C19H25FN6O. The Hall–Kier alpha value is -2.90. The molecule has 0 unspecified atom stereocenters. The molecule has 2 aromatic rings. The highest BCUT2D eigenvalue weighted by atomic mass is 19.1. The van der Waals surface area contributed by atoms with Crippen molar-refractivity contribution >= 4 is 23.2 Å². The van der Waals surface area contributed by atoms with Gasteiger partial charge in [0.2, 0.25) is 0 Å². The molecule has 3 rings (SSSR count). The Kier molecular flexibility index (Phi) is 6.05. The normalized spacial score (nSPS) is 17.1. The first kappa shape index (κ1) is 18.9. The third-order valence-electron chi connectivity index (χ3n) is 4.61. The van der Waals surface area contributed by atoms with Crippen LogP contribution in [0, 0.1) is 5.82 Å². The van der Waals surface area contributed by atoms with E-state index in [-0.39, 0.29) is 17.8 Å². The second kappa shape index (κ2) is 8.66. The fraction of sp³-hybridized carbons (Fsp3) is 0.421. The van der Waals surface area contributed by atoms with Crippen molar-refractivity contribution in [1.29, 1.82) is 0 Å². The first-order chi connectivity index (χ1) is 13.0. The van der Waals surface area contributed by atoms with Gasteiger partial charge in [-0.25, -0.2) is 14.2 Å². The molecule has 1 aliphatic heterocycles. The molecule has 2 aromatic heterocycles. The quantitative estimate of drug-likeness (QED) is 0.862. The fourth-order valence-corrected chi connectivity index (χ4v) is 3.09. The van der Waals surface area contributed by atoms with Gasteiger partial charge in [-0.3, -0.25) is 4.98 Å². The van der Waals surface area contributed by atoms with Crippen LogP contribution in [0.3, 0.4) is 0 Å². The van der Waals surface area contributed by atoms with Gasteiger partial charge in [0.25, 0.3) is 0 Å². The lowest BCUT2D eigenvalue weighted by Gasteiger charge is -2.22. The second-order valence-corrected chi connectivity index (χ2v) is 6.84. The van der Waals surface area contributed by atoms with Crippen LogP contribution in [0.15, 0.2) is 36.8 Å². The molecule has 0 saturated carbocycles. The molecule has 27 heavy (non-hydrogen) atoms. The Morgan fingerprint density at radius 3 is 2.78 bits per heavy atom. The maximum absolute atomic E-state index is 13.7. The number of aromatic nitrogens is 2. The van der Waals surface area contributed by atoms with Gasteiger partial charge in [-0.1, -0.05) is 0 Å². The zero-order chi connectivity index (χ0) is 19.2. The summed E-state index contributed by atoms with van der Waals surface area (Å²) in [6, 6.07) is 5.44. The van der Waals surface area contributed by atoms with Gasteiger partial charge in [0.1, 0.15) is 5.82 Å². The number of rotatable bonds is 4. The Bertz CT molecular complexity index is 767. The number of carbonyl (C=O) groups excluding carboxylic acids is 1. The van der Waals surface area contributed by atoms with Crippen LogP contribution >= 0.6 is 0 Å². The van der Waals surface area contributed by atoms with Crippen molar-refractivity contribution < 1.29 is 9.18 Å². The number of likely N-dealkylation sites (tertiary alicyclic amines) is 1. The SMILES string of the molecule is CN(C)c1ccc(N[C@@H]2CCCN(C(=O)Nc3ccncc3F)CC2)cn1. The number of nitrogens with zero attached hydrogens (tertiary/aromatic N) is 4. The van der Waals surface area contributed by atoms with E-state index in [0.717, 1.165) is 37.0 Å². The van der Waals surface area contributed by atoms with Crippen LogP contribution in [0.1, 0.15) is 19.3 Å². The Morgan fingerprint density at radius 2 is 2.07 bits per heavy atom. The lowest BCUT2D eigenvalue weighted by atomic mass is 10.1. The van der Waals surface area contributed by atoms with Crippen molar-refractivity contribution in [2.24, 2.45) is 0 Å². The summed E-state index contributed by atoms with van der Waals surface area (Å²) < 4.78 is 13.7. The molecule has 1 saturated heterocycles. The highest BCUT2D eigenvalue weighted by Crippen LogP contribution is 2.19. The van der Waals surface area contributed by atoms with Crippen LogP contribution in [0.25, 0.3) is 0 Å². The van der Waals surface area contributed by atoms with E-state index < -0.39 is 5.82 Å². The fourth-order valence-electron chi connectivity index (χ4n) is 3.09. The lowest BCUT2D eigenvalue weighted by molar-refractivity contribution is 0.213. The molecule has 0 spiro atoms. The van der Waals surface area contributed by atoms with Crippen LogP contribution in [0.5, 0.6) is 0 Å². The first-order valence-corrected chi connectivity index (χ1v) is 9.08. The molecule has 8 heteroatoms. The van der Waals surface area contributed by atoms with Gasteiger partial charge < -0.3 is 20.4 Å². The number of hydrogen-bond acceptors (Lipinski definition) is 5. The van der Waals surface area contributed by atoms with Crippen molar-refractivity contribution in [2.75, 3.05) is 42.7 Å². The number of urea groups is 1. The average molecular weight is 372 g/mol. The number of anilines is 3. The standard InChI is InChI=1S/C19H25FN6O/c1-25(2)18-6-5-15(12-22-18)23-14-4-3-10-26(11-8-14)19(27)24-17-7-9-21-13-16(17)20/h5-7,9,12-14,23H,3-4,8,10-11H2,1-2H3,(H,21,24,27)/t14-/m1/s1. The summed E-state index contributed by atoms with van der Waals surface area (Å²) in [6.45, 7) is 1.26. The number of pyridine rings is 2. The minimum atomic E-state index is -0.533. The van der Waals surface area contributed by atoms with E-state index in [1.807, 2.05) is 37.3 Å². The van der Waals surface area contributed by atoms with Gasteiger partial charge in [-0.2, -0.15) is 0 Å². The number of hydrogen-bond donors (Lipinski definition) is 2. The minimum Gasteiger partial charge on any atom is -0.381 e. The lowest BCUT2D eigenvalue weighted by Crippen LogP contribution is -2.36. The third kappa shape index (κ3) is 5.06. The van der Waals surface area contributed by atoms with Gasteiger partial charge >= 0.3 is 6.03 Å². The van der Waals surface area contributed by atoms with E-state index in [0.29, 0.717) is 13.1 Å². The summed E-state index contributed by atoms with van der Waals surface area (Å²) in [4.78, 5) is 24.2. The van der Waals surface area contributed by atoms with E-state index >= 15 is 0 Å². The molecule has 3 heterocycles. The van der Waals surface area contributed by atoms with E-state index in [2.05, 4.69) is 20.6 Å². The zero-order valence-electron chi connectivity index (χ0n) is 15.7. The molecule has 0 aromatic carbocycles. The molecule has 7 nitrogen and oxygen atoms in total. The Balaban J connectivity index is 1.54. The zero-order valence-corrected chi connectivity index (χ0v) is 15.7. The summed E-state index contributed by atoms with van der Waals surface area (Å²) in [5, 5.41) is 6.12. The molecular weight excluding hydrogens is 347 g/mol. The topological polar surface area (TPSA) is 73.4 Å². The summed E-state index contributed by atoms with van der Waals surface area (Å²) in [7, 11) is 3.91. The monoisotopic (exact) mass is 372 g/mol. The minimum absolute atomic E-state index is 0.154.